The van der Waals surface area contributed by atoms with E-state index in [1.54, 1.807) is 0 Å². The number of nitrogens with one attached hydrogen (secondary N) is 1. The zero-order valence-corrected chi connectivity index (χ0v) is 8.36. The van der Waals surface area contributed by atoms with Gasteiger partial charge in [-0.05, 0) is 12.1 Å². The third-order valence-electron chi connectivity index (χ3n) is 2.86. The van der Waals surface area contributed by atoms with Crippen LogP contribution in [0.2, 0.25) is 0 Å². The van der Waals surface area contributed by atoms with Crippen LogP contribution in [0.15, 0.2) is 18.2 Å². The Labute approximate surface area is 88.0 Å². The fourth-order valence-electron chi connectivity index (χ4n) is 1.94. The first-order valence-electron chi connectivity index (χ1n) is 5.24. The Bertz CT molecular complexity index is 376. The van der Waals surface area contributed by atoms with Gasteiger partial charge in [0, 0.05) is 6.42 Å². The minimum absolute atomic E-state index is 0.234. The van der Waals surface area contributed by atoms with Crippen molar-refractivity contribution in [3.63, 3.8) is 0 Å². The van der Waals surface area contributed by atoms with Crippen molar-refractivity contribution in [2.24, 2.45) is 0 Å². The van der Waals surface area contributed by atoms with Crippen molar-refractivity contribution in [1.29, 1.82) is 0 Å². The molecule has 0 aromatic heterocycles. The normalized spacial score (nSPS) is 27.5. The molecule has 0 aliphatic carbocycles. The number of rotatable bonds is 3. The summed E-state index contributed by atoms with van der Waals surface area (Å²) in [5.74, 6) is 0.855. The average Bonchev–Trinajstić information content (AvgIpc) is 3.01. The van der Waals surface area contributed by atoms with Gasteiger partial charge in [-0.3, -0.25) is 0 Å². The summed E-state index contributed by atoms with van der Waals surface area (Å²) in [6, 6.07) is 5.69. The maximum Gasteiger partial charge on any atom is 0.138 e. The third-order valence-corrected chi connectivity index (χ3v) is 2.86. The van der Waals surface area contributed by atoms with E-state index >= 15 is 0 Å². The topological polar surface area (TPSA) is 49.3 Å². The van der Waals surface area contributed by atoms with Crippen molar-refractivity contribution in [2.75, 3.05) is 19.8 Å². The van der Waals surface area contributed by atoms with E-state index in [4.69, 9.17) is 9.47 Å². The number of fused-ring (bicyclic) bond motifs is 1. The number of benzene rings is 1. The summed E-state index contributed by atoms with van der Waals surface area (Å²) >= 11 is 0. The Morgan fingerprint density at radius 2 is 2.40 bits per heavy atom. The van der Waals surface area contributed by atoms with Gasteiger partial charge in [0.1, 0.15) is 24.1 Å². The Kier molecular flexibility index (Phi) is 2.12. The van der Waals surface area contributed by atoms with E-state index < -0.39 is 0 Å². The number of hydrogen-bond donors (Lipinski definition) is 1. The smallest absolute Gasteiger partial charge is 0.138 e. The lowest BCUT2D eigenvalue weighted by molar-refractivity contribution is -0.768. The maximum absolute atomic E-state index is 11.5. The molecule has 2 aliphatic heterocycles. The molecule has 80 valence electrons. The molecule has 0 amide bonds. The molecular formula is C11H13NO3. The first kappa shape index (κ1) is 9.15. The van der Waals surface area contributed by atoms with Crippen molar-refractivity contribution < 1.29 is 14.5 Å². The molecule has 1 aromatic carbocycles. The Morgan fingerprint density at radius 1 is 1.53 bits per heavy atom. The second kappa shape index (κ2) is 3.48. The van der Waals surface area contributed by atoms with Crippen LogP contribution in [0, 0.1) is 5.21 Å². The second-order valence-electron chi connectivity index (χ2n) is 3.97. The van der Waals surface area contributed by atoms with Gasteiger partial charge >= 0.3 is 0 Å². The van der Waals surface area contributed by atoms with Crippen LogP contribution in [0.5, 0.6) is 5.75 Å². The van der Waals surface area contributed by atoms with Gasteiger partial charge < -0.3 is 19.7 Å². The summed E-state index contributed by atoms with van der Waals surface area (Å²) in [5.41, 5.74) is 1.91. The Morgan fingerprint density at radius 3 is 3.20 bits per heavy atom. The van der Waals surface area contributed by atoms with Crippen molar-refractivity contribution in [3.05, 3.63) is 29.0 Å². The molecule has 0 saturated carbocycles. The van der Waals surface area contributed by atoms with Crippen LogP contribution in [0.1, 0.15) is 5.56 Å². The molecule has 2 heterocycles. The predicted octanol–water partition coefficient (Wildman–Crippen LogP) is 0.0345. The van der Waals surface area contributed by atoms with Crippen LogP contribution in [0.3, 0.4) is 0 Å². The largest absolute Gasteiger partial charge is 0.629 e. The standard InChI is InChI=1S/C11H13NO3/c13-12-5-4-9-10(12)2-1-3-11(9)15-7-8-6-14-8/h1-3,8,12H,4-7H2. The van der Waals surface area contributed by atoms with Gasteiger partial charge in [-0.25, -0.2) is 0 Å². The summed E-state index contributed by atoms with van der Waals surface area (Å²) in [5, 5.41) is 11.7. The van der Waals surface area contributed by atoms with Gasteiger partial charge in [-0.2, -0.15) is 0 Å². The summed E-state index contributed by atoms with van der Waals surface area (Å²) in [6.45, 7) is 2.02. The first-order chi connectivity index (χ1) is 7.34. The van der Waals surface area contributed by atoms with Crippen LogP contribution in [0.25, 0.3) is 0 Å². The highest BCUT2D eigenvalue weighted by molar-refractivity contribution is 5.51. The molecule has 2 aliphatic rings. The molecule has 0 radical (unpaired) electrons. The SMILES string of the molecule is [O-][NH+]1CCc2c(OCC3CO3)cccc21. The highest BCUT2D eigenvalue weighted by Gasteiger charge is 2.26. The highest BCUT2D eigenvalue weighted by Crippen LogP contribution is 2.28. The number of hydrogen-bond acceptors (Lipinski definition) is 3. The molecule has 4 heteroatoms. The fraction of sp³-hybridized carbons (Fsp3) is 0.455. The average molecular weight is 207 g/mol. The van der Waals surface area contributed by atoms with Gasteiger partial charge in [-0.15, -0.1) is 0 Å². The van der Waals surface area contributed by atoms with Crippen molar-refractivity contribution in [2.45, 2.75) is 12.5 Å². The molecule has 1 saturated heterocycles. The van der Waals surface area contributed by atoms with Crippen LogP contribution >= 0.6 is 0 Å². The summed E-state index contributed by atoms with van der Waals surface area (Å²) < 4.78 is 10.7. The molecule has 15 heavy (non-hydrogen) atoms. The van der Waals surface area contributed by atoms with Crippen LogP contribution in [0.4, 0.5) is 5.69 Å². The van der Waals surface area contributed by atoms with E-state index in [-0.39, 0.29) is 11.2 Å². The monoisotopic (exact) mass is 207 g/mol. The van der Waals surface area contributed by atoms with E-state index in [9.17, 15) is 5.21 Å². The molecule has 1 fully saturated rings. The zero-order valence-electron chi connectivity index (χ0n) is 8.36. The summed E-state index contributed by atoms with van der Waals surface area (Å²) in [6.07, 6.45) is 1.08. The predicted molar refractivity (Wildman–Crippen MR) is 54.2 cm³/mol. The molecule has 2 atom stereocenters. The van der Waals surface area contributed by atoms with Gasteiger partial charge in [0.2, 0.25) is 0 Å². The third kappa shape index (κ3) is 1.71. The van der Waals surface area contributed by atoms with E-state index in [1.165, 1.54) is 0 Å². The van der Waals surface area contributed by atoms with Crippen molar-refractivity contribution in [1.82, 2.24) is 0 Å². The van der Waals surface area contributed by atoms with Gasteiger partial charge in [0.25, 0.3) is 0 Å². The van der Waals surface area contributed by atoms with Crippen LogP contribution in [-0.2, 0) is 11.2 Å². The van der Waals surface area contributed by atoms with Gasteiger partial charge in [-0.1, -0.05) is 6.07 Å². The molecule has 0 spiro atoms. The van der Waals surface area contributed by atoms with Crippen LogP contribution in [-0.4, -0.2) is 25.9 Å². The fourth-order valence-corrected chi connectivity index (χ4v) is 1.94. The maximum atomic E-state index is 11.5. The molecule has 3 rings (SSSR count). The summed E-state index contributed by atoms with van der Waals surface area (Å²) in [4.78, 5) is 0. The van der Waals surface area contributed by atoms with Crippen molar-refractivity contribution >= 4 is 5.69 Å². The molecule has 2 unspecified atom stereocenters. The summed E-state index contributed by atoms with van der Waals surface area (Å²) in [7, 11) is 0. The number of ether oxygens (including phenoxy) is 2. The van der Waals surface area contributed by atoms with E-state index in [0.717, 1.165) is 30.0 Å². The number of epoxide rings is 1. The van der Waals surface area contributed by atoms with E-state index in [0.29, 0.717) is 13.2 Å². The Balaban J connectivity index is 1.81. The number of hydroxylamine groups is 1. The molecule has 4 nitrogen and oxygen atoms in total. The molecular weight excluding hydrogens is 194 g/mol. The quantitative estimate of drug-likeness (QED) is 0.562. The van der Waals surface area contributed by atoms with Gasteiger partial charge in [0.15, 0.2) is 0 Å². The Hall–Kier alpha value is -1.10. The van der Waals surface area contributed by atoms with E-state index in [2.05, 4.69) is 0 Å². The number of quaternary nitrogens is 1. The highest BCUT2D eigenvalue weighted by atomic mass is 16.6. The minimum atomic E-state index is 0.234. The molecule has 1 aromatic rings. The molecule has 0 bridgehead atoms. The lowest BCUT2D eigenvalue weighted by atomic mass is 10.1. The van der Waals surface area contributed by atoms with E-state index in [1.807, 2.05) is 18.2 Å². The first-order valence-corrected chi connectivity index (χ1v) is 5.24. The second-order valence-corrected chi connectivity index (χ2v) is 3.97. The molecule has 1 N–H and O–H groups in total. The minimum Gasteiger partial charge on any atom is -0.629 e. The van der Waals surface area contributed by atoms with Crippen molar-refractivity contribution in [3.8, 4) is 5.75 Å². The van der Waals surface area contributed by atoms with Crippen LogP contribution < -0.4 is 9.80 Å². The lowest BCUT2D eigenvalue weighted by Crippen LogP contribution is -3.00. The zero-order chi connectivity index (χ0) is 10.3. The van der Waals surface area contributed by atoms with Gasteiger partial charge in [0.05, 0.1) is 18.7 Å². The lowest BCUT2D eigenvalue weighted by Gasteiger charge is -2.15.